The normalized spacial score (nSPS) is 23.6. The summed E-state index contributed by atoms with van der Waals surface area (Å²) in [5.74, 6) is -2.24. The molecule has 0 bridgehead atoms. The van der Waals surface area contributed by atoms with Crippen LogP contribution >= 0.6 is 0 Å². The predicted octanol–water partition coefficient (Wildman–Crippen LogP) is -0.00460. The van der Waals surface area contributed by atoms with Gasteiger partial charge in [-0.3, -0.25) is 19.9 Å². The smallest absolute Gasteiger partial charge is 0.328 e. The van der Waals surface area contributed by atoms with Gasteiger partial charge in [0.2, 0.25) is 11.9 Å². The van der Waals surface area contributed by atoms with Crippen LogP contribution in [0.3, 0.4) is 0 Å². The van der Waals surface area contributed by atoms with E-state index in [2.05, 4.69) is 20.3 Å². The summed E-state index contributed by atoms with van der Waals surface area (Å²) in [5, 5.41) is 20.8. The molecule has 11 nitrogen and oxygen atoms in total. The number of rotatable bonds is 5. The van der Waals surface area contributed by atoms with Crippen molar-refractivity contribution in [3.05, 3.63) is 28.3 Å². The lowest BCUT2D eigenvalue weighted by Gasteiger charge is -2.34. The molecule has 0 saturated carbocycles. The molecule has 0 spiro atoms. The molecule has 1 aliphatic heterocycles. The molecule has 1 fully saturated rings. The summed E-state index contributed by atoms with van der Waals surface area (Å²) >= 11 is 0. The van der Waals surface area contributed by atoms with E-state index in [0.717, 1.165) is 0 Å². The summed E-state index contributed by atoms with van der Waals surface area (Å²) in [4.78, 5) is 45.7. The van der Waals surface area contributed by atoms with Gasteiger partial charge in [-0.2, -0.15) is 4.98 Å². The number of aliphatic hydroxyl groups excluding tert-OH is 1. The number of nitrogens with one attached hydrogen (secondary N) is 2. The Hall–Kier alpha value is -3.12. The van der Waals surface area contributed by atoms with Gasteiger partial charge in [0.25, 0.3) is 5.56 Å². The van der Waals surface area contributed by atoms with E-state index >= 15 is 4.39 Å². The summed E-state index contributed by atoms with van der Waals surface area (Å²) in [7, 11) is 0. The van der Waals surface area contributed by atoms with E-state index in [0.29, 0.717) is 6.08 Å². The zero-order valence-electron chi connectivity index (χ0n) is 15.6. The number of hydrogen-bond donors (Lipinski definition) is 4. The Kier molecular flexibility index (Phi) is 5.75. The van der Waals surface area contributed by atoms with Gasteiger partial charge in [-0.05, 0) is 0 Å². The molecule has 1 aliphatic rings. The van der Waals surface area contributed by atoms with E-state index in [4.69, 9.17) is 9.84 Å². The third-order valence-electron chi connectivity index (χ3n) is 4.51. The second kappa shape index (κ2) is 8.09. The van der Waals surface area contributed by atoms with Crippen LogP contribution in [0.5, 0.6) is 0 Å². The van der Waals surface area contributed by atoms with Gasteiger partial charge in [-0.25, -0.2) is 14.2 Å². The van der Waals surface area contributed by atoms with Crippen LogP contribution in [0.25, 0.3) is 11.2 Å². The number of carboxylic acid groups (broad SMARTS) is 1. The monoisotopic (exact) mass is 409 g/mol. The fourth-order valence-corrected chi connectivity index (χ4v) is 2.98. The maximum atomic E-state index is 15.2. The standard InChI is InChI=1S/C17H20FN5O6/c1-7(2)15(27)21-17-20-14-13(16(28)22-17)19-6-23(14)9-5-29-10(4-24)8(12(9)18)3-11(25)26/h3,6-7,9-10,12,24H,4-5H2,1-2H3,(H,25,26)(H2,20,21,22,27,28)/b8-3-/t9?,10-,12-/m1/s1. The first-order valence-electron chi connectivity index (χ1n) is 8.81. The molecule has 4 N–H and O–H groups in total. The van der Waals surface area contributed by atoms with Crippen molar-refractivity contribution in [2.45, 2.75) is 32.2 Å². The van der Waals surface area contributed by atoms with Crippen LogP contribution in [-0.2, 0) is 14.3 Å². The highest BCUT2D eigenvalue weighted by Crippen LogP contribution is 2.32. The molecule has 0 aliphatic carbocycles. The minimum absolute atomic E-state index is 0.00109. The van der Waals surface area contributed by atoms with Crippen molar-refractivity contribution in [3.63, 3.8) is 0 Å². The number of nitrogens with zero attached hydrogens (tertiary/aromatic N) is 3. The van der Waals surface area contributed by atoms with Gasteiger partial charge >= 0.3 is 5.97 Å². The molecule has 2 aromatic rings. The van der Waals surface area contributed by atoms with Gasteiger partial charge in [-0.15, -0.1) is 0 Å². The van der Waals surface area contributed by atoms with Crippen LogP contribution in [0.4, 0.5) is 10.3 Å². The van der Waals surface area contributed by atoms with E-state index in [1.165, 1.54) is 10.9 Å². The van der Waals surface area contributed by atoms with Gasteiger partial charge in [0, 0.05) is 17.6 Å². The number of anilines is 1. The molecule has 1 saturated heterocycles. The van der Waals surface area contributed by atoms with Gasteiger partial charge in [0.15, 0.2) is 11.2 Å². The van der Waals surface area contributed by atoms with Crippen molar-refractivity contribution >= 4 is 29.0 Å². The van der Waals surface area contributed by atoms with Gasteiger partial charge in [-0.1, -0.05) is 13.8 Å². The van der Waals surface area contributed by atoms with Crippen molar-refractivity contribution in [3.8, 4) is 0 Å². The number of carboxylic acids is 1. The molecule has 1 unspecified atom stereocenters. The average molecular weight is 409 g/mol. The Morgan fingerprint density at radius 2 is 2.24 bits per heavy atom. The number of carbonyl (C=O) groups is 2. The van der Waals surface area contributed by atoms with Crippen LogP contribution in [0.1, 0.15) is 19.9 Å². The molecule has 1 amide bonds. The maximum Gasteiger partial charge on any atom is 0.328 e. The number of H-pyrrole nitrogens is 1. The van der Waals surface area contributed by atoms with E-state index in [1.54, 1.807) is 13.8 Å². The quantitative estimate of drug-likeness (QED) is 0.502. The van der Waals surface area contributed by atoms with Crippen molar-refractivity contribution in [2.75, 3.05) is 18.5 Å². The first kappa shape index (κ1) is 20.6. The minimum atomic E-state index is -1.83. The summed E-state index contributed by atoms with van der Waals surface area (Å²) in [5.41, 5.74) is -0.945. The van der Waals surface area contributed by atoms with E-state index in [9.17, 15) is 19.5 Å². The van der Waals surface area contributed by atoms with Gasteiger partial charge in [0.05, 0.1) is 25.6 Å². The van der Waals surface area contributed by atoms with Crippen LogP contribution in [0.2, 0.25) is 0 Å². The minimum Gasteiger partial charge on any atom is -0.478 e. The van der Waals surface area contributed by atoms with Crippen molar-refractivity contribution in [1.82, 2.24) is 19.5 Å². The summed E-state index contributed by atoms with van der Waals surface area (Å²) < 4.78 is 21.8. The third-order valence-corrected chi connectivity index (χ3v) is 4.51. The Morgan fingerprint density at radius 1 is 1.52 bits per heavy atom. The molecular weight excluding hydrogens is 389 g/mol. The Balaban J connectivity index is 2.03. The fourth-order valence-electron chi connectivity index (χ4n) is 2.98. The molecule has 29 heavy (non-hydrogen) atoms. The lowest BCUT2D eigenvalue weighted by molar-refractivity contribution is -0.131. The number of fused-ring (bicyclic) bond motifs is 1. The Morgan fingerprint density at radius 3 is 2.86 bits per heavy atom. The fraction of sp³-hybridized carbons (Fsp3) is 0.471. The van der Waals surface area contributed by atoms with E-state index in [-0.39, 0.29) is 41.1 Å². The Labute approximate surface area is 163 Å². The van der Waals surface area contributed by atoms with E-state index in [1.807, 2.05) is 0 Å². The lowest BCUT2D eigenvalue weighted by atomic mass is 9.95. The number of imidazole rings is 1. The van der Waals surface area contributed by atoms with Crippen LogP contribution in [-0.4, -0.2) is 67.1 Å². The predicted molar refractivity (Wildman–Crippen MR) is 98.1 cm³/mol. The number of aromatic nitrogens is 4. The number of ether oxygens (including phenoxy) is 1. The summed E-state index contributed by atoms with van der Waals surface area (Å²) in [6, 6.07) is -1.07. The topological polar surface area (TPSA) is 159 Å². The first-order valence-corrected chi connectivity index (χ1v) is 8.81. The molecule has 0 radical (unpaired) electrons. The zero-order valence-corrected chi connectivity index (χ0v) is 15.6. The molecule has 2 aromatic heterocycles. The van der Waals surface area contributed by atoms with E-state index < -0.39 is 36.5 Å². The number of aliphatic hydroxyl groups is 1. The number of halogens is 1. The number of alkyl halides is 1. The summed E-state index contributed by atoms with van der Waals surface area (Å²) in [6.45, 7) is 2.53. The second-order valence-corrected chi connectivity index (χ2v) is 6.84. The van der Waals surface area contributed by atoms with Gasteiger partial charge < -0.3 is 19.5 Å². The molecule has 156 valence electrons. The van der Waals surface area contributed by atoms with Crippen molar-refractivity contribution in [2.24, 2.45) is 5.92 Å². The number of amides is 1. The Bertz CT molecular complexity index is 1030. The number of hydrogen-bond acceptors (Lipinski definition) is 7. The van der Waals surface area contributed by atoms with Crippen molar-refractivity contribution in [1.29, 1.82) is 0 Å². The van der Waals surface area contributed by atoms with Gasteiger partial charge in [0.1, 0.15) is 12.3 Å². The first-order chi connectivity index (χ1) is 13.7. The molecule has 0 aromatic carbocycles. The highest BCUT2D eigenvalue weighted by atomic mass is 19.1. The number of aliphatic carboxylic acids is 1. The molecule has 3 heterocycles. The second-order valence-electron chi connectivity index (χ2n) is 6.84. The van der Waals surface area contributed by atoms with Crippen LogP contribution in [0, 0.1) is 5.92 Å². The van der Waals surface area contributed by atoms with Crippen LogP contribution < -0.4 is 10.9 Å². The highest BCUT2D eigenvalue weighted by molar-refractivity contribution is 5.91. The number of carbonyl (C=O) groups excluding carboxylic acids is 1. The summed E-state index contributed by atoms with van der Waals surface area (Å²) in [6.07, 6.45) is -1.07. The largest absolute Gasteiger partial charge is 0.478 e. The SMILES string of the molecule is CC(C)C(=O)Nc1nc2c(ncn2C2CO[C@H](CO)/C(=C/C(=O)O)[C@H]2F)c(=O)[nH]1. The van der Waals surface area contributed by atoms with Crippen LogP contribution in [0.15, 0.2) is 22.8 Å². The highest BCUT2D eigenvalue weighted by Gasteiger charge is 2.38. The zero-order chi connectivity index (χ0) is 21.3. The molecular formula is C17H20FN5O6. The lowest BCUT2D eigenvalue weighted by Crippen LogP contribution is -2.41. The molecule has 3 rings (SSSR count). The molecule has 3 atom stereocenters. The maximum absolute atomic E-state index is 15.2. The number of aromatic amines is 1. The van der Waals surface area contributed by atoms with Crippen molar-refractivity contribution < 1.29 is 28.9 Å². The third kappa shape index (κ3) is 4.03. The molecule has 12 heteroatoms. The average Bonchev–Trinajstić information content (AvgIpc) is 3.07.